The second-order valence-electron chi connectivity index (χ2n) is 5.11. The topological polar surface area (TPSA) is 17.1 Å². The first-order valence-corrected chi connectivity index (χ1v) is 7.22. The Labute approximate surface area is 102 Å². The summed E-state index contributed by atoms with van der Waals surface area (Å²) >= 11 is 0. The lowest BCUT2D eigenvalue weighted by Gasteiger charge is -2.06. The highest BCUT2D eigenvalue weighted by Gasteiger charge is 2.05. The standard InChI is InChI=1S/C15H30O/c1-4-6-7-8-9-10-11-15(16)13-12-14(3)5-2/h14H,4-13H2,1-3H3. The minimum atomic E-state index is 0.482. The minimum Gasteiger partial charge on any atom is -0.300 e. The van der Waals surface area contributed by atoms with Gasteiger partial charge in [-0.1, -0.05) is 59.3 Å². The van der Waals surface area contributed by atoms with Gasteiger partial charge in [-0.05, 0) is 18.8 Å². The lowest BCUT2D eigenvalue weighted by atomic mass is 9.99. The highest BCUT2D eigenvalue weighted by Crippen LogP contribution is 2.12. The first-order chi connectivity index (χ1) is 7.70. The van der Waals surface area contributed by atoms with Crippen LogP contribution in [-0.2, 0) is 4.79 Å². The smallest absolute Gasteiger partial charge is 0.132 e. The third-order valence-corrected chi connectivity index (χ3v) is 3.42. The normalized spacial score (nSPS) is 12.7. The van der Waals surface area contributed by atoms with Gasteiger partial charge in [-0.2, -0.15) is 0 Å². The van der Waals surface area contributed by atoms with Crippen molar-refractivity contribution in [3.8, 4) is 0 Å². The quantitative estimate of drug-likeness (QED) is 0.446. The summed E-state index contributed by atoms with van der Waals surface area (Å²) in [6.07, 6.45) is 11.6. The predicted octanol–water partition coefficient (Wildman–Crippen LogP) is 5.13. The molecule has 0 saturated heterocycles. The van der Waals surface area contributed by atoms with Crippen molar-refractivity contribution >= 4 is 5.78 Å². The molecular weight excluding hydrogens is 196 g/mol. The van der Waals surface area contributed by atoms with E-state index in [0.29, 0.717) is 11.7 Å². The molecular formula is C15H30O. The summed E-state index contributed by atoms with van der Waals surface area (Å²) in [5.41, 5.74) is 0. The first kappa shape index (κ1) is 15.7. The second kappa shape index (κ2) is 11.2. The Morgan fingerprint density at radius 3 is 2.19 bits per heavy atom. The average molecular weight is 226 g/mol. The van der Waals surface area contributed by atoms with Crippen LogP contribution < -0.4 is 0 Å². The zero-order chi connectivity index (χ0) is 12.2. The minimum absolute atomic E-state index is 0.482. The Balaban J connectivity index is 3.24. The summed E-state index contributed by atoms with van der Waals surface area (Å²) in [5.74, 6) is 1.20. The number of unbranched alkanes of at least 4 members (excludes halogenated alkanes) is 5. The Hall–Kier alpha value is -0.330. The molecule has 1 atom stereocenters. The molecule has 0 bridgehead atoms. The van der Waals surface area contributed by atoms with Crippen molar-refractivity contribution in [1.29, 1.82) is 0 Å². The molecule has 0 N–H and O–H groups in total. The van der Waals surface area contributed by atoms with Crippen LogP contribution in [0.2, 0.25) is 0 Å². The van der Waals surface area contributed by atoms with Crippen molar-refractivity contribution in [2.45, 2.75) is 85.0 Å². The van der Waals surface area contributed by atoms with Gasteiger partial charge >= 0.3 is 0 Å². The summed E-state index contributed by atoms with van der Waals surface area (Å²) in [6, 6.07) is 0. The molecule has 1 nitrogen and oxygen atoms in total. The van der Waals surface area contributed by atoms with Gasteiger partial charge in [-0.15, -0.1) is 0 Å². The summed E-state index contributed by atoms with van der Waals surface area (Å²) in [6.45, 7) is 6.67. The number of carbonyl (C=O) groups excluding carboxylic acids is 1. The van der Waals surface area contributed by atoms with E-state index in [1.165, 1.54) is 38.5 Å². The van der Waals surface area contributed by atoms with Gasteiger partial charge < -0.3 is 0 Å². The van der Waals surface area contributed by atoms with Crippen molar-refractivity contribution in [3.05, 3.63) is 0 Å². The molecule has 0 aliphatic rings. The molecule has 1 heteroatoms. The predicted molar refractivity (Wildman–Crippen MR) is 71.7 cm³/mol. The molecule has 96 valence electrons. The number of rotatable bonds is 11. The number of hydrogen-bond acceptors (Lipinski definition) is 1. The summed E-state index contributed by atoms with van der Waals surface area (Å²) in [7, 11) is 0. The largest absolute Gasteiger partial charge is 0.300 e. The van der Waals surface area contributed by atoms with Crippen molar-refractivity contribution in [1.82, 2.24) is 0 Å². The Morgan fingerprint density at radius 2 is 1.56 bits per heavy atom. The molecule has 0 aromatic heterocycles. The van der Waals surface area contributed by atoms with Crippen LogP contribution in [0.5, 0.6) is 0 Å². The zero-order valence-corrected chi connectivity index (χ0v) is 11.6. The van der Waals surface area contributed by atoms with Crippen LogP contribution in [0.25, 0.3) is 0 Å². The number of ketones is 1. The van der Waals surface area contributed by atoms with Gasteiger partial charge in [0, 0.05) is 12.8 Å². The lowest BCUT2D eigenvalue weighted by molar-refractivity contribution is -0.119. The van der Waals surface area contributed by atoms with Crippen molar-refractivity contribution < 1.29 is 4.79 Å². The fraction of sp³-hybridized carbons (Fsp3) is 0.933. The molecule has 0 spiro atoms. The van der Waals surface area contributed by atoms with Gasteiger partial charge in [0.2, 0.25) is 0 Å². The van der Waals surface area contributed by atoms with Crippen LogP contribution in [0.3, 0.4) is 0 Å². The summed E-state index contributed by atoms with van der Waals surface area (Å²) < 4.78 is 0. The molecule has 0 aromatic carbocycles. The zero-order valence-electron chi connectivity index (χ0n) is 11.6. The molecule has 0 rings (SSSR count). The third kappa shape index (κ3) is 10.2. The van der Waals surface area contributed by atoms with E-state index < -0.39 is 0 Å². The van der Waals surface area contributed by atoms with Crippen LogP contribution >= 0.6 is 0 Å². The molecule has 0 radical (unpaired) electrons. The van der Waals surface area contributed by atoms with E-state index in [-0.39, 0.29) is 0 Å². The second-order valence-corrected chi connectivity index (χ2v) is 5.11. The Morgan fingerprint density at radius 1 is 0.938 bits per heavy atom. The maximum Gasteiger partial charge on any atom is 0.132 e. The molecule has 0 aromatic rings. The van der Waals surface area contributed by atoms with Gasteiger partial charge in [0.05, 0.1) is 0 Å². The monoisotopic (exact) mass is 226 g/mol. The van der Waals surface area contributed by atoms with Gasteiger partial charge in [-0.3, -0.25) is 4.79 Å². The van der Waals surface area contributed by atoms with E-state index in [2.05, 4.69) is 20.8 Å². The molecule has 0 heterocycles. The van der Waals surface area contributed by atoms with Crippen LogP contribution in [0.15, 0.2) is 0 Å². The van der Waals surface area contributed by atoms with Gasteiger partial charge in [-0.25, -0.2) is 0 Å². The highest BCUT2D eigenvalue weighted by molar-refractivity contribution is 5.78. The molecule has 0 saturated carbocycles. The van der Waals surface area contributed by atoms with Crippen LogP contribution in [0.4, 0.5) is 0 Å². The maximum absolute atomic E-state index is 11.6. The Kier molecular flexibility index (Phi) is 10.9. The maximum atomic E-state index is 11.6. The van der Waals surface area contributed by atoms with Gasteiger partial charge in [0.1, 0.15) is 5.78 Å². The fourth-order valence-corrected chi connectivity index (χ4v) is 1.84. The number of hydrogen-bond donors (Lipinski definition) is 0. The first-order valence-electron chi connectivity index (χ1n) is 7.22. The van der Waals surface area contributed by atoms with Gasteiger partial charge in [0.15, 0.2) is 0 Å². The average Bonchev–Trinajstić information content (AvgIpc) is 2.30. The van der Waals surface area contributed by atoms with E-state index in [0.717, 1.165) is 25.7 Å². The van der Waals surface area contributed by atoms with E-state index in [9.17, 15) is 4.79 Å². The molecule has 0 fully saturated rings. The molecule has 16 heavy (non-hydrogen) atoms. The third-order valence-electron chi connectivity index (χ3n) is 3.42. The highest BCUT2D eigenvalue weighted by atomic mass is 16.1. The van der Waals surface area contributed by atoms with E-state index in [4.69, 9.17) is 0 Å². The van der Waals surface area contributed by atoms with Gasteiger partial charge in [0.25, 0.3) is 0 Å². The van der Waals surface area contributed by atoms with Crippen LogP contribution in [0.1, 0.15) is 85.0 Å². The van der Waals surface area contributed by atoms with Crippen molar-refractivity contribution in [2.75, 3.05) is 0 Å². The molecule has 1 unspecified atom stereocenters. The van der Waals surface area contributed by atoms with Crippen LogP contribution in [0, 0.1) is 5.92 Å². The van der Waals surface area contributed by atoms with E-state index in [1.807, 2.05) is 0 Å². The molecule has 0 aliphatic carbocycles. The molecule has 0 amide bonds. The van der Waals surface area contributed by atoms with E-state index >= 15 is 0 Å². The SMILES string of the molecule is CCCCCCCCC(=O)CCC(C)CC. The van der Waals surface area contributed by atoms with Crippen LogP contribution in [-0.4, -0.2) is 5.78 Å². The van der Waals surface area contributed by atoms with Crippen molar-refractivity contribution in [3.63, 3.8) is 0 Å². The lowest BCUT2D eigenvalue weighted by Crippen LogP contribution is -2.01. The molecule has 0 aliphatic heterocycles. The van der Waals surface area contributed by atoms with E-state index in [1.54, 1.807) is 0 Å². The summed E-state index contributed by atoms with van der Waals surface area (Å²) in [5, 5.41) is 0. The number of Topliss-reactive ketones (excluding diaryl/α,β-unsaturated/α-hetero) is 1. The number of carbonyl (C=O) groups is 1. The van der Waals surface area contributed by atoms with Crippen molar-refractivity contribution in [2.24, 2.45) is 5.92 Å². The summed E-state index contributed by atoms with van der Waals surface area (Å²) in [4.78, 5) is 11.6. The Bertz CT molecular complexity index is 163. The fourth-order valence-electron chi connectivity index (χ4n) is 1.84.